The molecule has 14 heavy (non-hydrogen) atoms. The number of fused-ring (bicyclic) bond motifs is 1. The van der Waals surface area contributed by atoms with Gasteiger partial charge in [-0.3, -0.25) is 4.79 Å². The van der Waals surface area contributed by atoms with E-state index in [1.54, 1.807) is 0 Å². The van der Waals surface area contributed by atoms with E-state index in [1.165, 1.54) is 12.8 Å². The number of hydrogen-bond donors (Lipinski definition) is 0. The molecule has 0 atom stereocenters. The predicted molar refractivity (Wildman–Crippen MR) is 54.4 cm³/mol. The maximum Gasteiger partial charge on any atom is 0.168 e. The number of aldehydes is 1. The summed E-state index contributed by atoms with van der Waals surface area (Å²) in [6.45, 7) is 0. The summed E-state index contributed by atoms with van der Waals surface area (Å²) >= 11 is 1.81. The monoisotopic (exact) mass is 206 g/mol. The van der Waals surface area contributed by atoms with Gasteiger partial charge >= 0.3 is 0 Å². The predicted octanol–water partition coefficient (Wildman–Crippen LogP) is 1.91. The van der Waals surface area contributed by atoms with Gasteiger partial charge in [0.15, 0.2) is 6.29 Å². The van der Waals surface area contributed by atoms with E-state index >= 15 is 0 Å². The lowest BCUT2D eigenvalue weighted by Gasteiger charge is -2.03. The number of aromatic nitrogens is 2. The molecule has 1 aromatic rings. The first-order valence-electron chi connectivity index (χ1n) is 4.81. The summed E-state index contributed by atoms with van der Waals surface area (Å²) in [5.74, 6) is 3.27. The highest BCUT2D eigenvalue weighted by Gasteiger charge is 2.29. The van der Waals surface area contributed by atoms with Gasteiger partial charge in [0, 0.05) is 23.0 Å². The Morgan fingerprint density at radius 2 is 2.14 bits per heavy atom. The zero-order valence-electron chi connectivity index (χ0n) is 7.69. The van der Waals surface area contributed by atoms with Crippen molar-refractivity contribution in [2.24, 2.45) is 0 Å². The number of carbonyl (C=O) groups is 1. The van der Waals surface area contributed by atoms with Crippen molar-refractivity contribution in [1.82, 2.24) is 9.97 Å². The zero-order chi connectivity index (χ0) is 9.54. The van der Waals surface area contributed by atoms with Crippen LogP contribution in [0.2, 0.25) is 0 Å². The Labute approximate surface area is 86.3 Å². The third kappa shape index (κ3) is 1.25. The normalized spacial score (nSPS) is 19.4. The van der Waals surface area contributed by atoms with Gasteiger partial charge in [0.25, 0.3) is 0 Å². The van der Waals surface area contributed by atoms with Crippen molar-refractivity contribution in [2.45, 2.75) is 30.3 Å². The zero-order valence-corrected chi connectivity index (χ0v) is 8.51. The minimum atomic E-state index is 0.532. The molecule has 1 fully saturated rings. The van der Waals surface area contributed by atoms with E-state index < -0.39 is 0 Å². The molecule has 0 spiro atoms. The molecule has 2 aliphatic rings. The average Bonchev–Trinajstić information content (AvgIpc) is 2.95. The molecule has 3 rings (SSSR count). The second-order valence-electron chi connectivity index (χ2n) is 3.78. The van der Waals surface area contributed by atoms with Crippen LogP contribution in [0.25, 0.3) is 0 Å². The maximum absolute atomic E-state index is 10.9. The Hall–Kier alpha value is -0.900. The van der Waals surface area contributed by atoms with Crippen molar-refractivity contribution in [1.29, 1.82) is 0 Å². The molecule has 0 unspecified atom stereocenters. The number of nitrogens with zero attached hydrogens (tertiary/aromatic N) is 2. The third-order valence-electron chi connectivity index (χ3n) is 2.68. The minimum Gasteiger partial charge on any atom is -0.296 e. The average molecular weight is 206 g/mol. The Morgan fingerprint density at radius 1 is 1.29 bits per heavy atom. The summed E-state index contributed by atoms with van der Waals surface area (Å²) in [4.78, 5) is 19.7. The fraction of sp³-hybridized carbons (Fsp3) is 0.500. The van der Waals surface area contributed by atoms with Crippen LogP contribution < -0.4 is 0 Å². The molecule has 2 heterocycles. The number of carbonyl (C=O) groups excluding carboxylic acids is 1. The van der Waals surface area contributed by atoms with Crippen molar-refractivity contribution in [2.75, 3.05) is 0 Å². The van der Waals surface area contributed by atoms with Gasteiger partial charge in [0.1, 0.15) is 11.5 Å². The molecule has 3 nitrogen and oxygen atoms in total. The lowest BCUT2D eigenvalue weighted by molar-refractivity contribution is 0.111. The molecule has 0 N–H and O–H groups in total. The quantitative estimate of drug-likeness (QED) is 0.693. The summed E-state index contributed by atoms with van der Waals surface area (Å²) in [5, 5.41) is 0. The third-order valence-corrected chi connectivity index (χ3v) is 3.65. The van der Waals surface area contributed by atoms with Gasteiger partial charge in [-0.2, -0.15) is 11.8 Å². The van der Waals surface area contributed by atoms with E-state index in [0.29, 0.717) is 11.6 Å². The van der Waals surface area contributed by atoms with Crippen molar-refractivity contribution in [3.63, 3.8) is 0 Å². The summed E-state index contributed by atoms with van der Waals surface area (Å²) in [6, 6.07) is 0. The molecule has 72 valence electrons. The smallest absolute Gasteiger partial charge is 0.168 e. The highest BCUT2D eigenvalue weighted by atomic mass is 32.2. The van der Waals surface area contributed by atoms with E-state index in [1.807, 2.05) is 11.8 Å². The molecule has 0 bridgehead atoms. The maximum atomic E-state index is 10.9. The van der Waals surface area contributed by atoms with Crippen LogP contribution in [0.5, 0.6) is 0 Å². The summed E-state index contributed by atoms with van der Waals surface area (Å²) < 4.78 is 0. The van der Waals surface area contributed by atoms with Gasteiger partial charge in [-0.15, -0.1) is 0 Å². The Balaban J connectivity index is 2.13. The van der Waals surface area contributed by atoms with Crippen LogP contribution in [0, 0.1) is 0 Å². The number of rotatable bonds is 2. The second-order valence-corrected chi connectivity index (χ2v) is 4.76. The van der Waals surface area contributed by atoms with Crippen LogP contribution in [0.1, 0.15) is 46.3 Å². The summed E-state index contributed by atoms with van der Waals surface area (Å²) in [5.41, 5.74) is 2.78. The van der Waals surface area contributed by atoms with E-state index in [9.17, 15) is 4.79 Å². The molecule has 4 heteroatoms. The Morgan fingerprint density at radius 3 is 2.86 bits per heavy atom. The molecule has 0 amide bonds. The van der Waals surface area contributed by atoms with Crippen molar-refractivity contribution >= 4 is 18.0 Å². The van der Waals surface area contributed by atoms with Crippen LogP contribution >= 0.6 is 11.8 Å². The van der Waals surface area contributed by atoms with Crippen LogP contribution in [0.15, 0.2) is 0 Å². The fourth-order valence-electron chi connectivity index (χ4n) is 1.72. The largest absolute Gasteiger partial charge is 0.296 e. The van der Waals surface area contributed by atoms with Crippen LogP contribution in [-0.2, 0) is 11.5 Å². The van der Waals surface area contributed by atoms with Crippen LogP contribution in [-0.4, -0.2) is 16.3 Å². The van der Waals surface area contributed by atoms with E-state index in [4.69, 9.17) is 0 Å². The van der Waals surface area contributed by atoms with Gasteiger partial charge in [-0.05, 0) is 12.8 Å². The minimum absolute atomic E-state index is 0.532. The first-order valence-corrected chi connectivity index (χ1v) is 5.96. The molecule has 0 aromatic carbocycles. The molecule has 1 aromatic heterocycles. The second kappa shape index (κ2) is 3.05. The number of hydrogen-bond acceptors (Lipinski definition) is 4. The molecular weight excluding hydrogens is 196 g/mol. The van der Waals surface area contributed by atoms with Crippen molar-refractivity contribution in [3.8, 4) is 0 Å². The molecule has 0 saturated heterocycles. The standard InChI is InChI=1S/C10H10N2OS/c13-3-8-7-4-14-5-9(7)12-10(11-8)6-1-2-6/h3,6H,1-2,4-5H2. The fourth-order valence-corrected chi connectivity index (χ4v) is 2.77. The highest BCUT2D eigenvalue weighted by molar-refractivity contribution is 7.98. The van der Waals surface area contributed by atoms with E-state index in [2.05, 4.69) is 9.97 Å². The highest BCUT2D eigenvalue weighted by Crippen LogP contribution is 2.39. The summed E-state index contributed by atoms with van der Waals surface area (Å²) in [7, 11) is 0. The summed E-state index contributed by atoms with van der Waals surface area (Å²) in [6.07, 6.45) is 3.24. The lowest BCUT2D eigenvalue weighted by atomic mass is 10.2. The van der Waals surface area contributed by atoms with Gasteiger partial charge < -0.3 is 0 Å². The SMILES string of the molecule is O=Cc1nc(C2CC2)nc2c1CSC2. The van der Waals surface area contributed by atoms with Gasteiger partial charge in [-0.25, -0.2) is 9.97 Å². The van der Waals surface area contributed by atoms with Crippen molar-refractivity contribution in [3.05, 3.63) is 22.8 Å². The van der Waals surface area contributed by atoms with Crippen LogP contribution in [0.4, 0.5) is 0 Å². The lowest BCUT2D eigenvalue weighted by Crippen LogP contribution is -2.04. The van der Waals surface area contributed by atoms with E-state index in [0.717, 1.165) is 34.9 Å². The first-order chi connectivity index (χ1) is 6.88. The Bertz CT molecular complexity index is 401. The molecular formula is C10H10N2OS. The van der Waals surface area contributed by atoms with Gasteiger partial charge in [-0.1, -0.05) is 0 Å². The molecule has 1 saturated carbocycles. The van der Waals surface area contributed by atoms with Crippen LogP contribution in [0.3, 0.4) is 0 Å². The number of thioether (sulfide) groups is 1. The van der Waals surface area contributed by atoms with Gasteiger partial charge in [0.05, 0.1) is 5.69 Å². The molecule has 1 aliphatic carbocycles. The topological polar surface area (TPSA) is 42.9 Å². The van der Waals surface area contributed by atoms with E-state index in [-0.39, 0.29) is 0 Å². The van der Waals surface area contributed by atoms with Crippen molar-refractivity contribution < 1.29 is 4.79 Å². The van der Waals surface area contributed by atoms with Gasteiger partial charge in [0.2, 0.25) is 0 Å². The molecule has 0 radical (unpaired) electrons. The first kappa shape index (κ1) is 8.41. The Kier molecular flexibility index (Phi) is 1.83. The molecule has 1 aliphatic heterocycles.